The second-order valence-electron chi connectivity index (χ2n) is 6.54. The summed E-state index contributed by atoms with van der Waals surface area (Å²) in [5.41, 5.74) is 4.17. The Hall–Kier alpha value is -2.96. The summed E-state index contributed by atoms with van der Waals surface area (Å²) >= 11 is 0. The summed E-state index contributed by atoms with van der Waals surface area (Å²) in [5.74, 6) is 0.858. The number of benzene rings is 2. The van der Waals surface area contributed by atoms with Crippen LogP contribution in [0, 0.1) is 10.1 Å². The molecule has 0 aromatic heterocycles. The number of para-hydroxylation sites is 2. The van der Waals surface area contributed by atoms with Crippen LogP contribution in [0.2, 0.25) is 0 Å². The van der Waals surface area contributed by atoms with Crippen molar-refractivity contribution in [1.82, 2.24) is 0 Å². The second-order valence-corrected chi connectivity index (χ2v) is 6.54. The topological polar surface area (TPSA) is 70.9 Å². The minimum atomic E-state index is -0.263. The molecule has 0 spiro atoms. The summed E-state index contributed by atoms with van der Waals surface area (Å²) in [6, 6.07) is 11.4. The lowest BCUT2D eigenvalue weighted by atomic mass is 10.1. The molecule has 1 N–H and O–H groups in total. The van der Waals surface area contributed by atoms with Crippen molar-refractivity contribution in [2.24, 2.45) is 0 Å². The maximum atomic E-state index is 11.6. The smallest absolute Gasteiger partial charge is 0.292 e. The van der Waals surface area contributed by atoms with Gasteiger partial charge in [-0.3, -0.25) is 10.1 Å². The van der Waals surface area contributed by atoms with Gasteiger partial charge in [0, 0.05) is 50.0 Å². The molecule has 1 fully saturated rings. The predicted octanol–water partition coefficient (Wildman–Crippen LogP) is 2.90. The van der Waals surface area contributed by atoms with Gasteiger partial charge in [0.15, 0.2) is 0 Å². The Morgan fingerprint density at radius 2 is 1.81 bits per heavy atom. The molecule has 2 aliphatic rings. The first-order valence-corrected chi connectivity index (χ1v) is 8.86. The van der Waals surface area contributed by atoms with Crippen LogP contribution < -0.4 is 19.9 Å². The molecular weight excluding hydrogens is 332 g/mol. The molecule has 0 amide bonds. The number of anilines is 3. The summed E-state index contributed by atoms with van der Waals surface area (Å²) in [7, 11) is 1.68. The quantitative estimate of drug-likeness (QED) is 0.672. The highest BCUT2D eigenvalue weighted by Gasteiger charge is 2.30. The summed E-state index contributed by atoms with van der Waals surface area (Å²) in [5, 5.41) is 14.9. The summed E-state index contributed by atoms with van der Waals surface area (Å²) in [6.45, 7) is 3.93. The number of ether oxygens (including phenoxy) is 1. The molecule has 2 heterocycles. The fourth-order valence-corrected chi connectivity index (χ4v) is 3.93. The molecular formula is C19H22N4O3. The average Bonchev–Trinajstić information content (AvgIpc) is 3.16. The Labute approximate surface area is 152 Å². The molecule has 136 valence electrons. The van der Waals surface area contributed by atoms with Gasteiger partial charge in [-0.1, -0.05) is 12.1 Å². The fraction of sp³-hybridized carbons (Fsp3) is 0.368. The van der Waals surface area contributed by atoms with E-state index in [4.69, 9.17) is 4.74 Å². The maximum absolute atomic E-state index is 11.6. The van der Waals surface area contributed by atoms with Crippen molar-refractivity contribution >= 4 is 22.7 Å². The Morgan fingerprint density at radius 1 is 1.08 bits per heavy atom. The van der Waals surface area contributed by atoms with E-state index in [0.29, 0.717) is 0 Å². The van der Waals surface area contributed by atoms with Crippen molar-refractivity contribution < 1.29 is 9.66 Å². The average molecular weight is 354 g/mol. The molecule has 0 saturated carbocycles. The molecule has 7 heteroatoms. The third kappa shape index (κ3) is 2.79. The van der Waals surface area contributed by atoms with Gasteiger partial charge < -0.3 is 19.9 Å². The van der Waals surface area contributed by atoms with Crippen LogP contribution >= 0.6 is 0 Å². The SMILES string of the molecule is COc1ccccc1N1CCN(c2c([N+](=O)[O-])ccc3c2CCN3)CC1. The van der Waals surface area contributed by atoms with Gasteiger partial charge in [-0.2, -0.15) is 0 Å². The van der Waals surface area contributed by atoms with Gasteiger partial charge in [-0.15, -0.1) is 0 Å². The zero-order valence-electron chi connectivity index (χ0n) is 14.8. The van der Waals surface area contributed by atoms with E-state index in [1.54, 1.807) is 13.2 Å². The van der Waals surface area contributed by atoms with E-state index < -0.39 is 0 Å². The number of rotatable bonds is 4. The number of hydrogen-bond donors (Lipinski definition) is 1. The minimum absolute atomic E-state index is 0.207. The first kappa shape index (κ1) is 16.5. The van der Waals surface area contributed by atoms with Gasteiger partial charge >= 0.3 is 0 Å². The van der Waals surface area contributed by atoms with Gasteiger partial charge in [0.2, 0.25) is 0 Å². The lowest BCUT2D eigenvalue weighted by Gasteiger charge is -2.38. The van der Waals surface area contributed by atoms with E-state index in [2.05, 4.69) is 21.2 Å². The second kappa shape index (κ2) is 6.74. The largest absolute Gasteiger partial charge is 0.495 e. The molecule has 0 unspecified atom stereocenters. The first-order valence-electron chi connectivity index (χ1n) is 8.86. The van der Waals surface area contributed by atoms with E-state index in [-0.39, 0.29) is 10.6 Å². The van der Waals surface area contributed by atoms with Crippen molar-refractivity contribution in [3.63, 3.8) is 0 Å². The van der Waals surface area contributed by atoms with Crippen LogP contribution in [0.5, 0.6) is 5.75 Å². The van der Waals surface area contributed by atoms with Crippen LogP contribution in [0.1, 0.15) is 5.56 Å². The lowest BCUT2D eigenvalue weighted by molar-refractivity contribution is -0.384. The van der Waals surface area contributed by atoms with Crippen LogP contribution in [0.25, 0.3) is 0 Å². The zero-order chi connectivity index (χ0) is 18.1. The number of methoxy groups -OCH3 is 1. The Bertz CT molecular complexity index is 832. The van der Waals surface area contributed by atoms with Gasteiger partial charge in [0.1, 0.15) is 11.4 Å². The molecule has 7 nitrogen and oxygen atoms in total. The zero-order valence-corrected chi connectivity index (χ0v) is 14.8. The standard InChI is InChI=1S/C19H22N4O3/c1-26-18-5-3-2-4-16(18)21-10-12-22(13-11-21)19-14-8-9-20-15(14)6-7-17(19)23(24)25/h2-7,20H,8-13H2,1H3. The van der Waals surface area contributed by atoms with E-state index in [1.165, 1.54) is 0 Å². The highest BCUT2D eigenvalue weighted by Crippen LogP contribution is 2.40. The Balaban J connectivity index is 1.59. The van der Waals surface area contributed by atoms with Gasteiger partial charge in [0.25, 0.3) is 5.69 Å². The lowest BCUT2D eigenvalue weighted by Crippen LogP contribution is -2.47. The van der Waals surface area contributed by atoms with E-state index in [9.17, 15) is 10.1 Å². The minimum Gasteiger partial charge on any atom is -0.495 e. The Morgan fingerprint density at radius 3 is 2.54 bits per heavy atom. The van der Waals surface area contributed by atoms with Gasteiger partial charge in [0.05, 0.1) is 17.7 Å². The number of nitro benzene ring substituents is 1. The molecule has 0 bridgehead atoms. The third-order valence-corrected chi connectivity index (χ3v) is 5.17. The number of piperazine rings is 1. The van der Waals surface area contributed by atoms with Gasteiger partial charge in [-0.05, 0) is 24.6 Å². The van der Waals surface area contributed by atoms with E-state index in [1.807, 2.05) is 24.3 Å². The summed E-state index contributed by atoms with van der Waals surface area (Å²) < 4.78 is 5.47. The van der Waals surface area contributed by atoms with Crippen LogP contribution in [-0.4, -0.2) is 44.8 Å². The first-order chi connectivity index (χ1) is 12.7. The van der Waals surface area contributed by atoms with Crippen LogP contribution in [-0.2, 0) is 6.42 Å². The van der Waals surface area contributed by atoms with Crippen LogP contribution in [0.3, 0.4) is 0 Å². The molecule has 1 saturated heterocycles. The predicted molar refractivity (Wildman–Crippen MR) is 103 cm³/mol. The highest BCUT2D eigenvalue weighted by atomic mass is 16.6. The Kier molecular flexibility index (Phi) is 4.28. The summed E-state index contributed by atoms with van der Waals surface area (Å²) in [4.78, 5) is 15.7. The van der Waals surface area contributed by atoms with E-state index in [0.717, 1.165) is 67.5 Å². The number of hydrogen-bond acceptors (Lipinski definition) is 6. The number of nitro groups is 1. The van der Waals surface area contributed by atoms with Crippen molar-refractivity contribution in [1.29, 1.82) is 0 Å². The van der Waals surface area contributed by atoms with Gasteiger partial charge in [-0.25, -0.2) is 0 Å². The molecule has 0 aliphatic carbocycles. The monoisotopic (exact) mass is 354 g/mol. The highest BCUT2D eigenvalue weighted by molar-refractivity contribution is 5.78. The van der Waals surface area contributed by atoms with Crippen molar-refractivity contribution in [3.05, 3.63) is 52.1 Å². The normalized spacial score (nSPS) is 16.2. The molecule has 26 heavy (non-hydrogen) atoms. The number of fused-ring (bicyclic) bond motifs is 1. The van der Waals surface area contributed by atoms with Crippen LogP contribution in [0.15, 0.2) is 36.4 Å². The van der Waals surface area contributed by atoms with Crippen molar-refractivity contribution in [2.45, 2.75) is 6.42 Å². The van der Waals surface area contributed by atoms with Crippen LogP contribution in [0.4, 0.5) is 22.7 Å². The number of nitrogens with zero attached hydrogens (tertiary/aromatic N) is 3. The molecule has 0 radical (unpaired) electrons. The van der Waals surface area contributed by atoms with Crippen molar-refractivity contribution in [3.8, 4) is 5.75 Å². The number of nitrogens with one attached hydrogen (secondary N) is 1. The molecule has 2 aromatic carbocycles. The van der Waals surface area contributed by atoms with Crippen molar-refractivity contribution in [2.75, 3.05) is 55.0 Å². The summed E-state index contributed by atoms with van der Waals surface area (Å²) in [6.07, 6.45) is 0.832. The van der Waals surface area contributed by atoms with E-state index >= 15 is 0 Å². The molecule has 4 rings (SSSR count). The molecule has 2 aromatic rings. The maximum Gasteiger partial charge on any atom is 0.292 e. The third-order valence-electron chi connectivity index (χ3n) is 5.17. The molecule has 2 aliphatic heterocycles. The molecule has 0 atom stereocenters. The fourth-order valence-electron chi connectivity index (χ4n) is 3.93.